The minimum Gasteiger partial charge on any atom is -0.488 e. The molecule has 0 saturated carbocycles. The van der Waals surface area contributed by atoms with Gasteiger partial charge in [-0.1, -0.05) is 29.8 Å². The lowest BCUT2D eigenvalue weighted by Crippen LogP contribution is -2.08. The van der Waals surface area contributed by atoms with Gasteiger partial charge in [0.2, 0.25) is 0 Å². The van der Waals surface area contributed by atoms with Crippen LogP contribution < -0.4 is 10.1 Å². The molecular formula is C16H14ClFN2O. The van der Waals surface area contributed by atoms with Crippen LogP contribution in [0.1, 0.15) is 16.7 Å². The van der Waals surface area contributed by atoms with E-state index in [1.54, 1.807) is 30.3 Å². The van der Waals surface area contributed by atoms with Crippen LogP contribution in [0.15, 0.2) is 36.4 Å². The lowest BCUT2D eigenvalue weighted by Gasteiger charge is -2.13. The van der Waals surface area contributed by atoms with Crippen molar-refractivity contribution >= 4 is 11.6 Å². The van der Waals surface area contributed by atoms with Crippen molar-refractivity contribution in [2.75, 3.05) is 7.05 Å². The number of rotatable bonds is 5. The standard InChI is InChI=1S/C16H14ClFN2O/c1-20-9-13-14(17)6-3-7-15(13)21-10-12-5-2-4-11(8-19)16(12)18/h2-7,20H,9-10H2,1H3. The van der Waals surface area contributed by atoms with Crippen molar-refractivity contribution in [2.45, 2.75) is 13.2 Å². The van der Waals surface area contributed by atoms with E-state index in [9.17, 15) is 4.39 Å². The Balaban J connectivity index is 2.21. The summed E-state index contributed by atoms with van der Waals surface area (Å²) in [6.45, 7) is 0.591. The summed E-state index contributed by atoms with van der Waals surface area (Å²) in [5.74, 6) is 0.0517. The molecule has 108 valence electrons. The maximum absolute atomic E-state index is 14.0. The maximum atomic E-state index is 14.0. The largest absolute Gasteiger partial charge is 0.488 e. The van der Waals surface area contributed by atoms with Crippen LogP contribution in [0.4, 0.5) is 4.39 Å². The molecule has 0 saturated heterocycles. The summed E-state index contributed by atoms with van der Waals surface area (Å²) in [5, 5.41) is 12.4. The van der Waals surface area contributed by atoms with Crippen LogP contribution >= 0.6 is 11.6 Å². The first kappa shape index (κ1) is 15.3. The normalized spacial score (nSPS) is 10.2. The fourth-order valence-corrected chi connectivity index (χ4v) is 2.19. The Hall–Kier alpha value is -2.09. The Kier molecular flexibility index (Phi) is 5.15. The highest BCUT2D eigenvalue weighted by Crippen LogP contribution is 2.27. The van der Waals surface area contributed by atoms with Gasteiger partial charge in [0.15, 0.2) is 0 Å². The molecule has 0 aliphatic carbocycles. The first-order valence-corrected chi connectivity index (χ1v) is 6.77. The van der Waals surface area contributed by atoms with Gasteiger partial charge in [0.25, 0.3) is 0 Å². The van der Waals surface area contributed by atoms with E-state index < -0.39 is 5.82 Å². The lowest BCUT2D eigenvalue weighted by molar-refractivity contribution is 0.296. The molecule has 0 spiro atoms. The molecule has 0 aliphatic rings. The van der Waals surface area contributed by atoms with Crippen LogP contribution in [0.25, 0.3) is 0 Å². The maximum Gasteiger partial charge on any atom is 0.147 e. The molecule has 2 aromatic rings. The van der Waals surface area contributed by atoms with Crippen molar-refractivity contribution < 1.29 is 9.13 Å². The SMILES string of the molecule is CNCc1c(Cl)cccc1OCc1cccc(C#N)c1F. The molecule has 0 radical (unpaired) electrons. The van der Waals surface area contributed by atoms with Gasteiger partial charge in [-0.2, -0.15) is 5.26 Å². The van der Waals surface area contributed by atoms with Gasteiger partial charge in [0, 0.05) is 22.7 Å². The first-order chi connectivity index (χ1) is 10.2. The predicted octanol–water partition coefficient (Wildman–Crippen LogP) is 3.65. The second kappa shape index (κ2) is 7.07. The van der Waals surface area contributed by atoms with Gasteiger partial charge in [-0.05, 0) is 25.2 Å². The molecule has 0 heterocycles. The van der Waals surface area contributed by atoms with Crippen LogP contribution in [-0.2, 0) is 13.2 Å². The third kappa shape index (κ3) is 3.52. The molecule has 0 aromatic heterocycles. The summed E-state index contributed by atoms with van der Waals surface area (Å²) < 4.78 is 19.6. The van der Waals surface area contributed by atoms with Crippen LogP contribution in [-0.4, -0.2) is 7.05 Å². The zero-order valence-corrected chi connectivity index (χ0v) is 12.2. The Morgan fingerprint density at radius 3 is 2.76 bits per heavy atom. The Bertz CT molecular complexity index is 682. The summed E-state index contributed by atoms with van der Waals surface area (Å²) >= 11 is 6.13. The quantitative estimate of drug-likeness (QED) is 0.917. The van der Waals surface area contributed by atoms with Crippen molar-refractivity contribution in [3.05, 3.63) is 63.9 Å². The van der Waals surface area contributed by atoms with E-state index in [0.717, 1.165) is 5.56 Å². The van der Waals surface area contributed by atoms with Gasteiger partial charge in [-0.3, -0.25) is 0 Å². The van der Waals surface area contributed by atoms with E-state index in [1.807, 2.05) is 13.1 Å². The summed E-state index contributed by atoms with van der Waals surface area (Å²) in [5.41, 5.74) is 1.17. The first-order valence-electron chi connectivity index (χ1n) is 6.39. The highest BCUT2D eigenvalue weighted by Gasteiger charge is 2.11. The van der Waals surface area contributed by atoms with E-state index >= 15 is 0 Å². The van der Waals surface area contributed by atoms with E-state index in [-0.39, 0.29) is 12.2 Å². The third-order valence-corrected chi connectivity index (χ3v) is 3.37. The van der Waals surface area contributed by atoms with E-state index in [1.165, 1.54) is 6.07 Å². The molecule has 21 heavy (non-hydrogen) atoms. The highest BCUT2D eigenvalue weighted by molar-refractivity contribution is 6.31. The number of nitrogens with one attached hydrogen (secondary N) is 1. The van der Waals surface area contributed by atoms with Gasteiger partial charge in [-0.15, -0.1) is 0 Å². The smallest absolute Gasteiger partial charge is 0.147 e. The van der Waals surface area contributed by atoms with Gasteiger partial charge >= 0.3 is 0 Å². The fraction of sp³-hybridized carbons (Fsp3) is 0.188. The number of hydrogen-bond acceptors (Lipinski definition) is 3. The van der Waals surface area contributed by atoms with Gasteiger partial charge in [-0.25, -0.2) is 4.39 Å². The Morgan fingerprint density at radius 2 is 2.05 bits per heavy atom. The number of halogens is 2. The summed E-state index contributed by atoms with van der Waals surface area (Å²) in [6, 6.07) is 11.8. The van der Waals surface area contributed by atoms with Crippen LogP contribution in [0.3, 0.4) is 0 Å². The summed E-state index contributed by atoms with van der Waals surface area (Å²) in [4.78, 5) is 0. The molecule has 0 atom stereocenters. The predicted molar refractivity (Wildman–Crippen MR) is 79.7 cm³/mol. The molecule has 3 nitrogen and oxygen atoms in total. The topological polar surface area (TPSA) is 45.0 Å². The van der Waals surface area contributed by atoms with Crippen molar-refractivity contribution in [3.63, 3.8) is 0 Å². The molecule has 2 rings (SSSR count). The average molecular weight is 305 g/mol. The average Bonchev–Trinajstić information content (AvgIpc) is 2.49. The van der Waals surface area contributed by atoms with Gasteiger partial charge in [0.1, 0.15) is 24.2 Å². The lowest BCUT2D eigenvalue weighted by atomic mass is 10.1. The Morgan fingerprint density at radius 1 is 1.29 bits per heavy atom. The molecule has 0 unspecified atom stereocenters. The Labute approximate surface area is 127 Å². The fourth-order valence-electron chi connectivity index (χ4n) is 1.96. The van der Waals surface area contributed by atoms with Gasteiger partial charge in [0.05, 0.1) is 5.56 Å². The zero-order valence-electron chi connectivity index (χ0n) is 11.5. The van der Waals surface area contributed by atoms with E-state index in [0.29, 0.717) is 22.9 Å². The van der Waals surface area contributed by atoms with Crippen LogP contribution in [0.5, 0.6) is 5.75 Å². The minimum atomic E-state index is -0.544. The van der Waals surface area contributed by atoms with Crippen LogP contribution in [0.2, 0.25) is 5.02 Å². The third-order valence-electron chi connectivity index (χ3n) is 3.01. The second-order valence-corrected chi connectivity index (χ2v) is 4.83. The molecule has 0 fully saturated rings. The molecular weight excluding hydrogens is 291 g/mol. The van der Waals surface area contributed by atoms with Crippen molar-refractivity contribution in [2.24, 2.45) is 0 Å². The number of nitrogens with zero attached hydrogens (tertiary/aromatic N) is 1. The highest BCUT2D eigenvalue weighted by atomic mass is 35.5. The van der Waals surface area contributed by atoms with E-state index in [2.05, 4.69) is 5.32 Å². The van der Waals surface area contributed by atoms with Crippen LogP contribution in [0, 0.1) is 17.1 Å². The number of ether oxygens (including phenoxy) is 1. The minimum absolute atomic E-state index is 0.0117. The molecule has 5 heteroatoms. The second-order valence-electron chi connectivity index (χ2n) is 4.43. The number of benzene rings is 2. The number of nitriles is 1. The zero-order chi connectivity index (χ0) is 15.2. The summed E-state index contributed by atoms with van der Waals surface area (Å²) in [6.07, 6.45) is 0. The molecule has 2 aromatic carbocycles. The molecule has 0 aliphatic heterocycles. The van der Waals surface area contributed by atoms with Gasteiger partial charge < -0.3 is 10.1 Å². The van der Waals surface area contributed by atoms with Crippen molar-refractivity contribution in [3.8, 4) is 11.8 Å². The molecule has 0 amide bonds. The number of hydrogen-bond donors (Lipinski definition) is 1. The monoisotopic (exact) mass is 304 g/mol. The molecule has 0 bridgehead atoms. The van der Waals surface area contributed by atoms with E-state index in [4.69, 9.17) is 21.6 Å². The molecule has 1 N–H and O–H groups in total. The summed E-state index contributed by atoms with van der Waals surface area (Å²) in [7, 11) is 1.81. The van der Waals surface area contributed by atoms with Crippen molar-refractivity contribution in [1.29, 1.82) is 5.26 Å². The van der Waals surface area contributed by atoms with Crippen molar-refractivity contribution in [1.82, 2.24) is 5.32 Å².